The molecular formula is C16H13NO4. The minimum Gasteiger partial charge on any atom is -0.478 e. The Bertz CT molecular complexity index is 675. The van der Waals surface area contributed by atoms with Gasteiger partial charge in [-0.2, -0.15) is 0 Å². The molecule has 3 N–H and O–H groups in total. The molecule has 0 aliphatic heterocycles. The molecule has 0 heterocycles. The highest BCUT2D eigenvalue weighted by atomic mass is 16.4. The topological polar surface area (TPSA) is 86.6 Å². The number of rotatable bonds is 5. The number of anilines is 2. The van der Waals surface area contributed by atoms with Gasteiger partial charge in [0.1, 0.15) is 0 Å². The van der Waals surface area contributed by atoms with Gasteiger partial charge in [0.05, 0.1) is 5.57 Å². The molecule has 0 radical (unpaired) electrons. The minimum atomic E-state index is -1.29. The number of carbonyl (C=O) groups is 2. The SMILES string of the molecule is O=C(O)/C=C(\C(=O)O)c1ccc(Nc2ccccc2)cc1. The molecule has 0 aliphatic rings. The number of hydrogen-bond acceptors (Lipinski definition) is 3. The Labute approximate surface area is 121 Å². The Morgan fingerprint density at radius 1 is 0.857 bits per heavy atom. The van der Waals surface area contributed by atoms with Crippen LogP contribution in [-0.4, -0.2) is 22.2 Å². The van der Waals surface area contributed by atoms with E-state index in [2.05, 4.69) is 5.32 Å². The van der Waals surface area contributed by atoms with Gasteiger partial charge in [0.25, 0.3) is 0 Å². The molecule has 0 saturated carbocycles. The number of carboxylic acids is 2. The monoisotopic (exact) mass is 283 g/mol. The molecule has 0 atom stereocenters. The van der Waals surface area contributed by atoms with Crippen LogP contribution in [0.15, 0.2) is 60.7 Å². The van der Waals surface area contributed by atoms with Gasteiger partial charge in [-0.1, -0.05) is 30.3 Å². The molecule has 2 rings (SSSR count). The van der Waals surface area contributed by atoms with Crippen molar-refractivity contribution in [2.75, 3.05) is 5.32 Å². The van der Waals surface area contributed by atoms with E-state index in [4.69, 9.17) is 10.2 Å². The fourth-order valence-electron chi connectivity index (χ4n) is 1.81. The summed E-state index contributed by atoms with van der Waals surface area (Å²) in [6.07, 6.45) is 0.683. The van der Waals surface area contributed by atoms with Crippen LogP contribution in [0.3, 0.4) is 0 Å². The highest BCUT2D eigenvalue weighted by molar-refractivity contribution is 6.19. The van der Waals surface area contributed by atoms with E-state index in [1.165, 1.54) is 0 Å². The van der Waals surface area contributed by atoms with Crippen LogP contribution in [0.2, 0.25) is 0 Å². The van der Waals surface area contributed by atoms with Crippen LogP contribution in [0.4, 0.5) is 11.4 Å². The zero-order chi connectivity index (χ0) is 15.2. The molecule has 0 spiro atoms. The summed E-state index contributed by atoms with van der Waals surface area (Å²) in [6.45, 7) is 0. The number of aliphatic carboxylic acids is 2. The van der Waals surface area contributed by atoms with Crippen LogP contribution in [0, 0.1) is 0 Å². The molecule has 0 amide bonds. The standard InChI is InChI=1S/C16H13NO4/c18-15(19)10-14(16(20)21)11-6-8-13(9-7-11)17-12-4-2-1-3-5-12/h1-10,17H,(H,18,19)(H,20,21)/b14-10-. The Morgan fingerprint density at radius 3 is 1.95 bits per heavy atom. The summed E-state index contributed by atoms with van der Waals surface area (Å²) in [5.74, 6) is -2.57. The third-order valence-electron chi connectivity index (χ3n) is 2.76. The second kappa shape index (κ2) is 6.38. The smallest absolute Gasteiger partial charge is 0.336 e. The van der Waals surface area contributed by atoms with Gasteiger partial charge in [0.15, 0.2) is 0 Å². The van der Waals surface area contributed by atoms with E-state index in [-0.39, 0.29) is 5.57 Å². The van der Waals surface area contributed by atoms with Crippen molar-refractivity contribution in [1.82, 2.24) is 0 Å². The van der Waals surface area contributed by atoms with E-state index in [9.17, 15) is 9.59 Å². The summed E-state index contributed by atoms with van der Waals surface area (Å²) < 4.78 is 0. The first kappa shape index (κ1) is 14.3. The van der Waals surface area contributed by atoms with Crippen molar-refractivity contribution in [3.05, 3.63) is 66.2 Å². The Morgan fingerprint density at radius 2 is 1.43 bits per heavy atom. The first-order valence-electron chi connectivity index (χ1n) is 6.16. The van der Waals surface area contributed by atoms with E-state index in [0.717, 1.165) is 11.4 Å². The van der Waals surface area contributed by atoms with Crippen molar-refractivity contribution >= 4 is 28.9 Å². The van der Waals surface area contributed by atoms with Crippen molar-refractivity contribution in [3.8, 4) is 0 Å². The molecule has 0 fully saturated rings. The van der Waals surface area contributed by atoms with E-state index >= 15 is 0 Å². The highest BCUT2D eigenvalue weighted by Gasteiger charge is 2.12. The summed E-state index contributed by atoms with van der Waals surface area (Å²) in [6, 6.07) is 16.0. The Hall–Kier alpha value is -3.08. The van der Waals surface area contributed by atoms with E-state index < -0.39 is 11.9 Å². The normalized spacial score (nSPS) is 11.0. The van der Waals surface area contributed by atoms with E-state index in [0.29, 0.717) is 11.6 Å². The zero-order valence-corrected chi connectivity index (χ0v) is 11.0. The molecule has 5 heteroatoms. The van der Waals surface area contributed by atoms with Gasteiger partial charge in [-0.05, 0) is 29.8 Å². The molecule has 0 bridgehead atoms. The van der Waals surface area contributed by atoms with Crippen molar-refractivity contribution in [1.29, 1.82) is 0 Å². The fourth-order valence-corrected chi connectivity index (χ4v) is 1.81. The molecule has 0 unspecified atom stereocenters. The summed E-state index contributed by atoms with van der Waals surface area (Å²) in [7, 11) is 0. The lowest BCUT2D eigenvalue weighted by molar-refractivity contribution is -0.133. The molecule has 0 aromatic heterocycles. The van der Waals surface area contributed by atoms with Crippen LogP contribution in [0.1, 0.15) is 5.56 Å². The van der Waals surface area contributed by atoms with Crippen LogP contribution < -0.4 is 5.32 Å². The average molecular weight is 283 g/mol. The number of hydrogen-bond donors (Lipinski definition) is 3. The van der Waals surface area contributed by atoms with Gasteiger partial charge in [0.2, 0.25) is 0 Å². The maximum atomic E-state index is 11.1. The first-order valence-corrected chi connectivity index (χ1v) is 6.16. The highest BCUT2D eigenvalue weighted by Crippen LogP contribution is 2.20. The van der Waals surface area contributed by atoms with Gasteiger partial charge in [0, 0.05) is 17.5 Å². The van der Waals surface area contributed by atoms with Crippen molar-refractivity contribution in [2.45, 2.75) is 0 Å². The maximum absolute atomic E-state index is 11.1. The van der Waals surface area contributed by atoms with Crippen LogP contribution in [0.25, 0.3) is 5.57 Å². The van der Waals surface area contributed by atoms with Crippen LogP contribution >= 0.6 is 0 Å². The van der Waals surface area contributed by atoms with E-state index in [1.807, 2.05) is 30.3 Å². The molecule has 2 aromatic carbocycles. The molecule has 0 aliphatic carbocycles. The van der Waals surface area contributed by atoms with Gasteiger partial charge < -0.3 is 15.5 Å². The molecular weight excluding hydrogens is 270 g/mol. The summed E-state index contributed by atoms with van der Waals surface area (Å²) in [5.41, 5.74) is 1.77. The van der Waals surface area contributed by atoms with Gasteiger partial charge in [-0.15, -0.1) is 0 Å². The molecule has 21 heavy (non-hydrogen) atoms. The third kappa shape index (κ3) is 3.94. The minimum absolute atomic E-state index is 0.256. The van der Waals surface area contributed by atoms with Gasteiger partial charge in [-0.3, -0.25) is 0 Å². The second-order valence-electron chi connectivity index (χ2n) is 4.27. The maximum Gasteiger partial charge on any atom is 0.336 e. The average Bonchev–Trinajstić information content (AvgIpc) is 2.46. The van der Waals surface area contributed by atoms with Crippen LogP contribution in [0.5, 0.6) is 0 Å². The van der Waals surface area contributed by atoms with Crippen molar-refractivity contribution in [3.63, 3.8) is 0 Å². The third-order valence-corrected chi connectivity index (χ3v) is 2.76. The summed E-state index contributed by atoms with van der Waals surface area (Å²) in [5, 5.41) is 20.9. The number of benzene rings is 2. The summed E-state index contributed by atoms with van der Waals surface area (Å²) in [4.78, 5) is 21.7. The van der Waals surface area contributed by atoms with Gasteiger partial charge in [-0.25, -0.2) is 9.59 Å². The molecule has 106 valence electrons. The first-order chi connectivity index (χ1) is 10.1. The fraction of sp³-hybridized carbons (Fsp3) is 0. The number of nitrogens with one attached hydrogen (secondary N) is 1. The lowest BCUT2D eigenvalue weighted by atomic mass is 10.1. The molecule has 0 saturated heterocycles. The quantitative estimate of drug-likeness (QED) is 0.734. The largest absolute Gasteiger partial charge is 0.478 e. The lowest BCUT2D eigenvalue weighted by Gasteiger charge is -2.07. The number of para-hydroxylation sites is 1. The Balaban J connectivity index is 2.22. The van der Waals surface area contributed by atoms with Crippen LogP contribution in [-0.2, 0) is 9.59 Å². The summed E-state index contributed by atoms with van der Waals surface area (Å²) >= 11 is 0. The van der Waals surface area contributed by atoms with Gasteiger partial charge >= 0.3 is 11.9 Å². The zero-order valence-electron chi connectivity index (χ0n) is 11.0. The predicted octanol–water partition coefficient (Wildman–Crippen LogP) is 2.98. The van der Waals surface area contributed by atoms with Crippen molar-refractivity contribution < 1.29 is 19.8 Å². The lowest BCUT2D eigenvalue weighted by Crippen LogP contribution is -2.03. The second-order valence-corrected chi connectivity index (χ2v) is 4.27. The predicted molar refractivity (Wildman–Crippen MR) is 79.4 cm³/mol. The molecule has 5 nitrogen and oxygen atoms in total. The van der Waals surface area contributed by atoms with Crippen molar-refractivity contribution in [2.24, 2.45) is 0 Å². The number of carboxylic acid groups (broad SMARTS) is 2. The Kier molecular flexibility index (Phi) is 4.36. The van der Waals surface area contributed by atoms with E-state index in [1.54, 1.807) is 24.3 Å². The molecule has 2 aromatic rings.